The minimum atomic E-state index is 0.0612. The van der Waals surface area contributed by atoms with E-state index in [-0.39, 0.29) is 11.8 Å². The Hall–Kier alpha value is -2.70. The van der Waals surface area contributed by atoms with Gasteiger partial charge in [-0.1, -0.05) is 64.1 Å². The van der Waals surface area contributed by atoms with E-state index in [0.29, 0.717) is 13.1 Å². The van der Waals surface area contributed by atoms with Crippen LogP contribution in [0, 0.1) is 27.7 Å². The van der Waals surface area contributed by atoms with Crippen LogP contribution in [0.15, 0.2) is 36.4 Å². The fourth-order valence-electron chi connectivity index (χ4n) is 3.68. The lowest BCUT2D eigenvalue weighted by atomic mass is 10.1. The molecule has 0 spiro atoms. The van der Waals surface area contributed by atoms with Crippen LogP contribution in [-0.2, 0) is 9.59 Å². The number of amides is 2. The van der Waals surface area contributed by atoms with Crippen LogP contribution in [0.1, 0.15) is 49.9 Å². The lowest BCUT2D eigenvalue weighted by Crippen LogP contribution is -2.33. The minimum Gasteiger partial charge on any atom is -0.324 e. The van der Waals surface area contributed by atoms with Gasteiger partial charge < -0.3 is 10.6 Å². The first-order valence-electron chi connectivity index (χ1n) is 12.3. The van der Waals surface area contributed by atoms with Gasteiger partial charge in [0.15, 0.2) is 0 Å². The molecule has 0 aliphatic carbocycles. The molecule has 6 heteroatoms. The fourth-order valence-corrected chi connectivity index (χ4v) is 3.68. The van der Waals surface area contributed by atoms with E-state index < -0.39 is 0 Å². The summed E-state index contributed by atoms with van der Waals surface area (Å²) in [5.41, 5.74) is 6.33. The second kappa shape index (κ2) is 15.3. The molecule has 2 aromatic carbocycles. The molecule has 0 atom stereocenters. The number of para-hydroxylation sites is 2. The number of nitrogens with one attached hydrogen (secondary N) is 2. The number of aryl methyl sites for hydroxylation is 4. The van der Waals surface area contributed by atoms with Crippen LogP contribution >= 0.6 is 0 Å². The lowest BCUT2D eigenvalue weighted by molar-refractivity contribution is -0.118. The van der Waals surface area contributed by atoms with Crippen LogP contribution in [-0.4, -0.2) is 60.9 Å². The number of nitrogens with zero attached hydrogens (tertiary/aromatic N) is 2. The second-order valence-electron chi connectivity index (χ2n) is 8.55. The largest absolute Gasteiger partial charge is 0.324 e. The Morgan fingerprint density at radius 1 is 0.588 bits per heavy atom. The molecular formula is C28H44N4O2. The summed E-state index contributed by atoms with van der Waals surface area (Å²) < 4.78 is 0. The van der Waals surface area contributed by atoms with Gasteiger partial charge in [-0.25, -0.2) is 0 Å². The molecule has 2 aromatic rings. The summed E-state index contributed by atoms with van der Waals surface area (Å²) in [5, 5.41) is 5.99. The SMILES string of the molecule is CCN(CC)CC(=O)Nc1c(C)cccc1C.CCN(CC)CC(=O)Nc1c(C)cccc1C. The Balaban J connectivity index is 0.000000340. The standard InChI is InChI=1S/2C14H22N2O/c2*1-5-16(6-2)10-13(17)15-14-11(3)8-7-9-12(14)4/h2*7-9H,5-6,10H2,1-4H3,(H,15,17). The van der Waals surface area contributed by atoms with Gasteiger partial charge in [0.25, 0.3) is 0 Å². The molecule has 0 saturated heterocycles. The lowest BCUT2D eigenvalue weighted by Gasteiger charge is -2.18. The quantitative estimate of drug-likeness (QED) is 0.505. The summed E-state index contributed by atoms with van der Waals surface area (Å²) >= 11 is 0. The summed E-state index contributed by atoms with van der Waals surface area (Å²) in [5.74, 6) is 0.122. The monoisotopic (exact) mass is 468 g/mol. The summed E-state index contributed by atoms with van der Waals surface area (Å²) in [4.78, 5) is 28.0. The van der Waals surface area contributed by atoms with Crippen LogP contribution in [0.4, 0.5) is 11.4 Å². The van der Waals surface area contributed by atoms with Crippen molar-refractivity contribution in [1.82, 2.24) is 9.80 Å². The van der Waals surface area contributed by atoms with Gasteiger partial charge in [0, 0.05) is 11.4 Å². The van der Waals surface area contributed by atoms with Crippen molar-refractivity contribution >= 4 is 23.2 Å². The van der Waals surface area contributed by atoms with E-state index in [1.807, 2.05) is 64.1 Å². The number of hydrogen-bond donors (Lipinski definition) is 2. The molecule has 6 nitrogen and oxygen atoms in total. The molecule has 0 fully saturated rings. The highest BCUT2D eigenvalue weighted by molar-refractivity contribution is 5.94. The fraction of sp³-hybridized carbons (Fsp3) is 0.500. The van der Waals surface area contributed by atoms with Crippen molar-refractivity contribution < 1.29 is 9.59 Å². The molecule has 0 aliphatic rings. The molecule has 0 unspecified atom stereocenters. The van der Waals surface area contributed by atoms with Crippen molar-refractivity contribution in [2.75, 3.05) is 49.9 Å². The molecule has 0 bridgehead atoms. The van der Waals surface area contributed by atoms with Gasteiger partial charge in [0.2, 0.25) is 11.8 Å². The highest BCUT2D eigenvalue weighted by Gasteiger charge is 2.11. The van der Waals surface area contributed by atoms with Gasteiger partial charge in [-0.2, -0.15) is 0 Å². The summed E-state index contributed by atoms with van der Waals surface area (Å²) in [6, 6.07) is 12.1. The van der Waals surface area contributed by atoms with E-state index in [9.17, 15) is 9.59 Å². The molecule has 0 heterocycles. The van der Waals surface area contributed by atoms with Gasteiger partial charge >= 0.3 is 0 Å². The number of carbonyl (C=O) groups is 2. The number of hydrogen-bond acceptors (Lipinski definition) is 4. The van der Waals surface area contributed by atoms with E-state index >= 15 is 0 Å². The third kappa shape index (κ3) is 9.65. The molecule has 2 amide bonds. The number of rotatable bonds is 10. The van der Waals surface area contributed by atoms with E-state index in [0.717, 1.165) is 59.8 Å². The van der Waals surface area contributed by atoms with E-state index in [2.05, 4.69) is 48.1 Å². The van der Waals surface area contributed by atoms with Crippen molar-refractivity contribution in [3.8, 4) is 0 Å². The average molecular weight is 469 g/mol. The normalized spacial score (nSPS) is 10.6. The third-order valence-corrected chi connectivity index (χ3v) is 6.01. The summed E-state index contributed by atoms with van der Waals surface area (Å²) in [6.45, 7) is 20.8. The van der Waals surface area contributed by atoms with Crippen molar-refractivity contribution in [1.29, 1.82) is 0 Å². The van der Waals surface area contributed by atoms with Crippen molar-refractivity contribution in [2.45, 2.75) is 55.4 Å². The molecule has 0 radical (unpaired) electrons. The van der Waals surface area contributed by atoms with Crippen LogP contribution < -0.4 is 10.6 Å². The minimum absolute atomic E-state index is 0.0612. The van der Waals surface area contributed by atoms with Gasteiger partial charge in [-0.05, 0) is 76.1 Å². The molecule has 0 saturated carbocycles. The van der Waals surface area contributed by atoms with Crippen molar-refractivity contribution in [3.05, 3.63) is 58.7 Å². The van der Waals surface area contributed by atoms with Gasteiger partial charge in [0.1, 0.15) is 0 Å². The second-order valence-corrected chi connectivity index (χ2v) is 8.55. The van der Waals surface area contributed by atoms with E-state index in [1.165, 1.54) is 0 Å². The highest BCUT2D eigenvalue weighted by Crippen LogP contribution is 2.20. The Kier molecular flexibility index (Phi) is 13.2. The Bertz CT molecular complexity index is 803. The molecule has 188 valence electrons. The number of benzene rings is 2. The zero-order chi connectivity index (χ0) is 25.7. The maximum absolute atomic E-state index is 11.9. The van der Waals surface area contributed by atoms with Gasteiger partial charge in [-0.15, -0.1) is 0 Å². The topological polar surface area (TPSA) is 64.7 Å². The first-order valence-corrected chi connectivity index (χ1v) is 12.3. The van der Waals surface area contributed by atoms with Crippen molar-refractivity contribution in [3.63, 3.8) is 0 Å². The molecule has 0 aromatic heterocycles. The van der Waals surface area contributed by atoms with E-state index in [4.69, 9.17) is 0 Å². The van der Waals surface area contributed by atoms with E-state index in [1.54, 1.807) is 0 Å². The highest BCUT2D eigenvalue weighted by atomic mass is 16.2. The Morgan fingerprint density at radius 3 is 1.09 bits per heavy atom. The molecule has 34 heavy (non-hydrogen) atoms. The molecule has 2 N–H and O–H groups in total. The molecular weight excluding hydrogens is 424 g/mol. The van der Waals surface area contributed by atoms with Gasteiger partial charge in [0.05, 0.1) is 13.1 Å². The first-order chi connectivity index (χ1) is 16.2. The molecule has 0 aliphatic heterocycles. The van der Waals surface area contributed by atoms with Crippen LogP contribution in [0.3, 0.4) is 0 Å². The first kappa shape index (κ1) is 29.3. The van der Waals surface area contributed by atoms with Crippen LogP contribution in [0.5, 0.6) is 0 Å². The third-order valence-electron chi connectivity index (χ3n) is 6.01. The zero-order valence-electron chi connectivity index (χ0n) is 22.4. The number of anilines is 2. The van der Waals surface area contributed by atoms with Crippen molar-refractivity contribution in [2.24, 2.45) is 0 Å². The number of carbonyl (C=O) groups excluding carboxylic acids is 2. The zero-order valence-corrected chi connectivity index (χ0v) is 22.4. The predicted molar refractivity (Wildman–Crippen MR) is 145 cm³/mol. The maximum atomic E-state index is 11.9. The smallest absolute Gasteiger partial charge is 0.238 e. The van der Waals surface area contributed by atoms with Gasteiger partial charge in [-0.3, -0.25) is 19.4 Å². The number of likely N-dealkylation sites (N-methyl/N-ethyl adjacent to an activating group) is 2. The Labute approximate surface area is 206 Å². The average Bonchev–Trinajstić information content (AvgIpc) is 2.81. The van der Waals surface area contributed by atoms with Crippen LogP contribution in [0.2, 0.25) is 0 Å². The van der Waals surface area contributed by atoms with Crippen LogP contribution in [0.25, 0.3) is 0 Å². The maximum Gasteiger partial charge on any atom is 0.238 e. The summed E-state index contributed by atoms with van der Waals surface area (Å²) in [6.07, 6.45) is 0. The molecule has 2 rings (SSSR count). The summed E-state index contributed by atoms with van der Waals surface area (Å²) in [7, 11) is 0. The Morgan fingerprint density at radius 2 is 0.853 bits per heavy atom. The predicted octanol–water partition coefficient (Wildman–Crippen LogP) is 5.17.